The zero-order valence-corrected chi connectivity index (χ0v) is 13.2. The lowest BCUT2D eigenvalue weighted by atomic mass is 10.00. The fourth-order valence-electron chi connectivity index (χ4n) is 3.56. The molecule has 4 rings (SSSR count). The van der Waals surface area contributed by atoms with Crippen molar-refractivity contribution in [2.45, 2.75) is 18.8 Å². The van der Waals surface area contributed by atoms with Gasteiger partial charge in [0, 0.05) is 19.0 Å². The number of hydrogen-bond acceptors (Lipinski definition) is 2. The molecule has 0 aromatic heterocycles. The summed E-state index contributed by atoms with van der Waals surface area (Å²) in [7, 11) is 0. The molecule has 1 heterocycles. The van der Waals surface area contributed by atoms with E-state index in [4.69, 9.17) is 0 Å². The molecule has 2 aliphatic rings. The molecule has 1 amide bonds. The molecular formula is C20H22N2O. The van der Waals surface area contributed by atoms with Crippen molar-refractivity contribution in [2.24, 2.45) is 5.92 Å². The van der Waals surface area contributed by atoms with E-state index in [1.54, 1.807) is 0 Å². The van der Waals surface area contributed by atoms with Crippen molar-refractivity contribution in [3.05, 3.63) is 59.7 Å². The molecule has 1 saturated carbocycles. The average molecular weight is 306 g/mol. The predicted molar refractivity (Wildman–Crippen MR) is 93.4 cm³/mol. The standard InChI is InChI=1S/C20H22N2O/c23-20(22-13-14-8-10-21-11-9-14)19-12-18(19)17-7-3-5-15-4-1-2-6-16(15)17/h1-8,18-19,21H,9-13H2,(H,22,23). The van der Waals surface area contributed by atoms with Gasteiger partial charge in [-0.1, -0.05) is 54.1 Å². The maximum absolute atomic E-state index is 12.4. The minimum Gasteiger partial charge on any atom is -0.352 e. The van der Waals surface area contributed by atoms with Gasteiger partial charge in [-0.15, -0.1) is 0 Å². The van der Waals surface area contributed by atoms with Gasteiger partial charge in [0.15, 0.2) is 0 Å². The van der Waals surface area contributed by atoms with Crippen LogP contribution < -0.4 is 10.6 Å². The van der Waals surface area contributed by atoms with Gasteiger partial charge < -0.3 is 10.6 Å². The van der Waals surface area contributed by atoms with Gasteiger partial charge in [0.25, 0.3) is 0 Å². The summed E-state index contributed by atoms with van der Waals surface area (Å²) in [6.45, 7) is 2.65. The van der Waals surface area contributed by atoms with Crippen molar-refractivity contribution < 1.29 is 4.79 Å². The van der Waals surface area contributed by atoms with E-state index in [0.29, 0.717) is 12.5 Å². The second kappa shape index (κ2) is 6.17. The maximum atomic E-state index is 12.4. The van der Waals surface area contributed by atoms with Gasteiger partial charge in [0.2, 0.25) is 5.91 Å². The van der Waals surface area contributed by atoms with Gasteiger partial charge in [-0.2, -0.15) is 0 Å². The Morgan fingerprint density at radius 2 is 2.04 bits per heavy atom. The molecule has 2 aromatic carbocycles. The zero-order valence-electron chi connectivity index (χ0n) is 13.2. The van der Waals surface area contributed by atoms with Crippen molar-refractivity contribution in [1.29, 1.82) is 0 Å². The van der Waals surface area contributed by atoms with Crippen LogP contribution in [0.5, 0.6) is 0 Å². The van der Waals surface area contributed by atoms with E-state index < -0.39 is 0 Å². The molecule has 0 saturated heterocycles. The van der Waals surface area contributed by atoms with Gasteiger partial charge in [0.05, 0.1) is 0 Å². The summed E-state index contributed by atoms with van der Waals surface area (Å²) in [6, 6.07) is 14.9. The van der Waals surface area contributed by atoms with Gasteiger partial charge in [-0.25, -0.2) is 0 Å². The highest BCUT2D eigenvalue weighted by molar-refractivity contribution is 5.89. The van der Waals surface area contributed by atoms with Gasteiger partial charge in [0.1, 0.15) is 0 Å². The summed E-state index contributed by atoms with van der Waals surface area (Å²) in [4.78, 5) is 12.4. The van der Waals surface area contributed by atoms with E-state index in [2.05, 4.69) is 59.2 Å². The predicted octanol–water partition coefficient (Wildman–Crippen LogP) is 2.98. The summed E-state index contributed by atoms with van der Waals surface area (Å²) in [6.07, 6.45) is 4.21. The third-order valence-electron chi connectivity index (χ3n) is 5.00. The van der Waals surface area contributed by atoms with Gasteiger partial charge in [-0.3, -0.25) is 4.79 Å². The number of amides is 1. The van der Waals surface area contributed by atoms with E-state index in [1.807, 2.05) is 0 Å². The lowest BCUT2D eigenvalue weighted by Crippen LogP contribution is -2.30. The molecule has 0 radical (unpaired) electrons. The highest BCUT2D eigenvalue weighted by Crippen LogP contribution is 2.49. The molecule has 3 nitrogen and oxygen atoms in total. The number of rotatable bonds is 4. The first-order valence-corrected chi connectivity index (χ1v) is 8.47. The fourth-order valence-corrected chi connectivity index (χ4v) is 3.56. The van der Waals surface area contributed by atoms with Crippen LogP contribution in [0.2, 0.25) is 0 Å². The van der Waals surface area contributed by atoms with Crippen molar-refractivity contribution in [3.8, 4) is 0 Å². The van der Waals surface area contributed by atoms with E-state index in [1.165, 1.54) is 21.9 Å². The van der Waals surface area contributed by atoms with Crippen LogP contribution >= 0.6 is 0 Å². The first-order valence-electron chi connectivity index (χ1n) is 8.47. The smallest absolute Gasteiger partial charge is 0.224 e. The minimum atomic E-state index is 0.142. The highest BCUT2D eigenvalue weighted by atomic mass is 16.2. The van der Waals surface area contributed by atoms with Crippen LogP contribution in [0.4, 0.5) is 0 Å². The van der Waals surface area contributed by atoms with Crippen molar-refractivity contribution in [2.75, 3.05) is 19.6 Å². The average Bonchev–Trinajstić information content (AvgIpc) is 3.41. The molecule has 1 aliphatic carbocycles. The summed E-state index contributed by atoms with van der Waals surface area (Å²) in [5, 5.41) is 8.97. The number of carbonyl (C=O) groups is 1. The third-order valence-corrected chi connectivity index (χ3v) is 5.00. The topological polar surface area (TPSA) is 41.1 Å². The molecule has 118 valence electrons. The normalized spacial score (nSPS) is 23.4. The van der Waals surface area contributed by atoms with E-state index in [9.17, 15) is 4.79 Å². The van der Waals surface area contributed by atoms with Crippen LogP contribution in [0.15, 0.2) is 54.1 Å². The second-order valence-corrected chi connectivity index (χ2v) is 6.55. The molecule has 23 heavy (non-hydrogen) atoms. The molecule has 3 heteroatoms. The molecule has 1 fully saturated rings. The Hall–Kier alpha value is -2.13. The lowest BCUT2D eigenvalue weighted by Gasteiger charge is -2.14. The largest absolute Gasteiger partial charge is 0.352 e. The molecule has 2 unspecified atom stereocenters. The Balaban J connectivity index is 1.42. The summed E-state index contributed by atoms with van der Waals surface area (Å²) in [5.41, 5.74) is 2.67. The third kappa shape index (κ3) is 3.02. The highest BCUT2D eigenvalue weighted by Gasteiger charge is 2.44. The first-order chi connectivity index (χ1) is 11.3. The molecule has 1 aliphatic heterocycles. The first kappa shape index (κ1) is 14.5. The fraction of sp³-hybridized carbons (Fsp3) is 0.350. The lowest BCUT2D eigenvalue weighted by molar-refractivity contribution is -0.122. The van der Waals surface area contributed by atoms with Crippen molar-refractivity contribution in [3.63, 3.8) is 0 Å². The SMILES string of the molecule is O=C(NCC1=CCNCC1)C1CC1c1cccc2ccccc12. The summed E-state index contributed by atoms with van der Waals surface area (Å²) >= 11 is 0. The van der Waals surface area contributed by atoms with Crippen LogP contribution in [0.25, 0.3) is 10.8 Å². The Morgan fingerprint density at radius 1 is 1.17 bits per heavy atom. The Kier molecular flexibility index (Phi) is 3.88. The number of benzene rings is 2. The molecule has 0 spiro atoms. The molecule has 2 N–H and O–H groups in total. The number of nitrogens with one attached hydrogen (secondary N) is 2. The van der Waals surface area contributed by atoms with Crippen LogP contribution in [0.3, 0.4) is 0 Å². The van der Waals surface area contributed by atoms with E-state index >= 15 is 0 Å². The van der Waals surface area contributed by atoms with Crippen molar-refractivity contribution in [1.82, 2.24) is 10.6 Å². The second-order valence-electron chi connectivity index (χ2n) is 6.55. The Labute approximate surface area is 136 Å². The number of carbonyl (C=O) groups excluding carboxylic acids is 1. The van der Waals surface area contributed by atoms with Crippen LogP contribution in [0, 0.1) is 5.92 Å². The van der Waals surface area contributed by atoms with Crippen LogP contribution in [-0.4, -0.2) is 25.5 Å². The van der Waals surface area contributed by atoms with Crippen molar-refractivity contribution >= 4 is 16.7 Å². The monoisotopic (exact) mass is 306 g/mol. The molecule has 2 atom stereocenters. The summed E-state index contributed by atoms with van der Waals surface area (Å²) in [5.74, 6) is 0.730. The maximum Gasteiger partial charge on any atom is 0.224 e. The Bertz CT molecular complexity index is 760. The summed E-state index contributed by atoms with van der Waals surface area (Å²) < 4.78 is 0. The van der Waals surface area contributed by atoms with Gasteiger partial charge >= 0.3 is 0 Å². The number of fused-ring (bicyclic) bond motifs is 1. The van der Waals surface area contributed by atoms with Crippen LogP contribution in [-0.2, 0) is 4.79 Å². The molecular weight excluding hydrogens is 284 g/mol. The quantitative estimate of drug-likeness (QED) is 0.853. The zero-order chi connectivity index (χ0) is 15.6. The van der Waals surface area contributed by atoms with E-state index in [-0.39, 0.29) is 11.8 Å². The van der Waals surface area contributed by atoms with Gasteiger partial charge in [-0.05, 0) is 41.6 Å². The molecule has 0 bridgehead atoms. The van der Waals surface area contributed by atoms with E-state index in [0.717, 1.165) is 25.9 Å². The molecule has 2 aromatic rings. The number of hydrogen-bond donors (Lipinski definition) is 2. The minimum absolute atomic E-state index is 0.142. The van der Waals surface area contributed by atoms with Crippen LogP contribution in [0.1, 0.15) is 24.3 Å². The Morgan fingerprint density at radius 3 is 2.91 bits per heavy atom.